The highest BCUT2D eigenvalue weighted by atomic mass is 79.9. The van der Waals surface area contributed by atoms with Gasteiger partial charge in [0.05, 0.1) is 18.0 Å². The summed E-state index contributed by atoms with van der Waals surface area (Å²) in [6, 6.07) is 27.6. The number of hydrogen-bond acceptors (Lipinski definition) is 4. The minimum atomic E-state index is -0.0998. The lowest BCUT2D eigenvalue weighted by molar-refractivity contribution is 0.0978. The van der Waals surface area contributed by atoms with Gasteiger partial charge in [0.2, 0.25) is 0 Å². The van der Waals surface area contributed by atoms with Gasteiger partial charge in [0, 0.05) is 29.8 Å². The van der Waals surface area contributed by atoms with Gasteiger partial charge < -0.3 is 14.5 Å². The molecule has 1 aliphatic carbocycles. The molecule has 0 N–H and O–H groups in total. The number of ketones is 1. The molecule has 1 fully saturated rings. The molecule has 5 rings (SSSR count). The van der Waals surface area contributed by atoms with Crippen molar-refractivity contribution in [2.75, 3.05) is 38.8 Å². The van der Waals surface area contributed by atoms with E-state index in [1.54, 1.807) is 0 Å². The maximum atomic E-state index is 12.2. The molecule has 4 nitrogen and oxygen atoms in total. The molecule has 1 saturated heterocycles. The summed E-state index contributed by atoms with van der Waals surface area (Å²) in [5, 5.41) is 0. The molecular weight excluding hydrogens is 592 g/mol. The van der Waals surface area contributed by atoms with Crippen LogP contribution in [0.2, 0.25) is 0 Å². The van der Waals surface area contributed by atoms with Crippen LogP contribution in [-0.2, 0) is 4.74 Å². The molecule has 0 aromatic heterocycles. The SMILES string of the molecule is BrC1COCCN1c1ccc(C2c3ccccc32)cc1.CCC(CC(Br)C(=O)c1ccccc1)N(C)C. The minimum absolute atomic E-state index is 0.0998. The average molecular weight is 628 g/mol. The molecular formula is C31H36Br2N2O2. The van der Waals surface area contributed by atoms with Crippen molar-refractivity contribution in [3.8, 4) is 0 Å². The lowest BCUT2D eigenvalue weighted by atomic mass is 10.0. The van der Waals surface area contributed by atoms with Crippen molar-refractivity contribution >= 4 is 43.3 Å². The summed E-state index contributed by atoms with van der Waals surface area (Å²) in [5.74, 6) is 0.703. The Morgan fingerprint density at radius 2 is 1.62 bits per heavy atom. The van der Waals surface area contributed by atoms with E-state index < -0.39 is 0 Å². The number of ether oxygens (including phenoxy) is 1. The van der Waals surface area contributed by atoms with E-state index in [1.807, 2.05) is 30.3 Å². The van der Waals surface area contributed by atoms with Crippen LogP contribution in [0.1, 0.15) is 52.7 Å². The van der Waals surface area contributed by atoms with Gasteiger partial charge in [-0.2, -0.15) is 0 Å². The summed E-state index contributed by atoms with van der Waals surface area (Å²) in [7, 11) is 4.11. The Balaban J connectivity index is 0.000000176. The molecule has 0 radical (unpaired) electrons. The topological polar surface area (TPSA) is 32.8 Å². The summed E-state index contributed by atoms with van der Waals surface area (Å²) in [4.78, 5) is 16.9. The number of alkyl halides is 2. The van der Waals surface area contributed by atoms with Gasteiger partial charge in [-0.05, 0) is 55.8 Å². The lowest BCUT2D eigenvalue weighted by Gasteiger charge is -2.34. The maximum absolute atomic E-state index is 12.2. The van der Waals surface area contributed by atoms with Gasteiger partial charge in [-0.1, -0.05) is 106 Å². The fourth-order valence-corrected chi connectivity index (χ4v) is 6.24. The second-order valence-corrected chi connectivity index (χ2v) is 12.0. The molecule has 1 heterocycles. The van der Waals surface area contributed by atoms with E-state index in [2.05, 4.69) is 111 Å². The predicted molar refractivity (Wildman–Crippen MR) is 161 cm³/mol. The van der Waals surface area contributed by atoms with Gasteiger partial charge in [0.1, 0.15) is 4.95 Å². The predicted octanol–water partition coefficient (Wildman–Crippen LogP) is 7.10. The lowest BCUT2D eigenvalue weighted by Crippen LogP contribution is -2.41. The molecule has 37 heavy (non-hydrogen) atoms. The van der Waals surface area contributed by atoms with Crippen LogP contribution in [0, 0.1) is 0 Å². The van der Waals surface area contributed by atoms with E-state index in [9.17, 15) is 4.79 Å². The Kier molecular flexibility index (Phi) is 9.99. The van der Waals surface area contributed by atoms with E-state index in [0.717, 1.165) is 38.2 Å². The van der Waals surface area contributed by atoms with Crippen molar-refractivity contribution in [1.82, 2.24) is 4.90 Å². The van der Waals surface area contributed by atoms with Crippen molar-refractivity contribution in [1.29, 1.82) is 0 Å². The molecule has 0 bridgehead atoms. The van der Waals surface area contributed by atoms with Crippen molar-refractivity contribution in [2.24, 2.45) is 0 Å². The Morgan fingerprint density at radius 3 is 2.19 bits per heavy atom. The number of halogens is 2. The number of hydrogen-bond donors (Lipinski definition) is 0. The second-order valence-electron chi connectivity index (χ2n) is 9.82. The molecule has 3 atom stereocenters. The van der Waals surface area contributed by atoms with Crippen LogP contribution in [-0.4, -0.2) is 60.4 Å². The summed E-state index contributed by atoms with van der Waals surface area (Å²) in [5.41, 5.74) is 6.40. The molecule has 0 saturated carbocycles. The number of rotatable bonds is 8. The van der Waals surface area contributed by atoms with E-state index in [1.165, 1.54) is 22.4 Å². The zero-order valence-electron chi connectivity index (χ0n) is 21.8. The normalized spacial score (nSPS) is 18.4. The largest absolute Gasteiger partial charge is 0.377 e. The Hall–Kier alpha value is -1.99. The van der Waals surface area contributed by atoms with Gasteiger partial charge >= 0.3 is 0 Å². The number of Topliss-reactive ketones (excluding diaryl/α,β-unsaturated/α-hetero) is 1. The summed E-state index contributed by atoms with van der Waals surface area (Å²) < 4.78 is 5.46. The van der Waals surface area contributed by atoms with E-state index in [0.29, 0.717) is 12.0 Å². The van der Waals surface area contributed by atoms with Crippen molar-refractivity contribution < 1.29 is 9.53 Å². The monoisotopic (exact) mass is 626 g/mol. The summed E-state index contributed by atoms with van der Waals surface area (Å²) in [6.07, 6.45) is 1.90. The van der Waals surface area contributed by atoms with Crippen LogP contribution < -0.4 is 4.90 Å². The first kappa shape index (κ1) is 28.0. The third kappa shape index (κ3) is 7.11. The molecule has 0 spiro atoms. The number of benzene rings is 3. The van der Waals surface area contributed by atoms with Crippen LogP contribution in [0.5, 0.6) is 0 Å². The molecule has 2 aliphatic rings. The number of carbonyl (C=O) groups excluding carboxylic acids is 1. The van der Waals surface area contributed by atoms with Gasteiger partial charge in [0.15, 0.2) is 5.78 Å². The van der Waals surface area contributed by atoms with Crippen LogP contribution in [0.25, 0.3) is 0 Å². The minimum Gasteiger partial charge on any atom is -0.377 e. The Bertz CT molecular complexity index is 1130. The third-order valence-corrected chi connectivity index (χ3v) is 8.73. The van der Waals surface area contributed by atoms with E-state index in [4.69, 9.17) is 4.74 Å². The van der Waals surface area contributed by atoms with Gasteiger partial charge in [-0.3, -0.25) is 4.79 Å². The van der Waals surface area contributed by atoms with Crippen LogP contribution >= 0.6 is 31.9 Å². The molecule has 3 unspecified atom stereocenters. The molecule has 1 aliphatic heterocycles. The number of nitrogens with zero attached hydrogens (tertiary/aromatic N) is 2. The Morgan fingerprint density at radius 1 is 1.00 bits per heavy atom. The second kappa shape index (κ2) is 13.2. The number of fused-ring (bicyclic) bond motifs is 1. The number of anilines is 1. The third-order valence-electron chi connectivity index (χ3n) is 7.19. The molecule has 3 aromatic carbocycles. The fourth-order valence-electron chi connectivity index (χ4n) is 4.91. The highest BCUT2D eigenvalue weighted by molar-refractivity contribution is 9.10. The smallest absolute Gasteiger partial charge is 0.176 e. The zero-order valence-corrected chi connectivity index (χ0v) is 25.0. The summed E-state index contributed by atoms with van der Waals surface area (Å²) in [6.45, 7) is 4.64. The van der Waals surface area contributed by atoms with Crippen LogP contribution in [0.4, 0.5) is 5.69 Å². The van der Waals surface area contributed by atoms with Crippen molar-refractivity contribution in [2.45, 2.75) is 41.5 Å². The first-order valence-corrected chi connectivity index (χ1v) is 14.8. The molecule has 3 aromatic rings. The van der Waals surface area contributed by atoms with Crippen molar-refractivity contribution in [3.05, 3.63) is 101 Å². The van der Waals surface area contributed by atoms with Gasteiger partial charge in [-0.25, -0.2) is 0 Å². The molecule has 6 heteroatoms. The first-order valence-electron chi connectivity index (χ1n) is 13.0. The van der Waals surface area contributed by atoms with E-state index in [-0.39, 0.29) is 15.6 Å². The highest BCUT2D eigenvalue weighted by Gasteiger charge is 2.33. The van der Waals surface area contributed by atoms with E-state index >= 15 is 0 Å². The standard InChI is InChI=1S/C17H16BrNO.C14H20BrNO/c18-16-11-20-10-9-19(16)13-7-5-12(6-8-13)17-14-3-1-2-4-15(14)17;1-4-12(16(2)3)10-13(15)14(17)11-8-6-5-7-9-11/h1-8,16-17H,9-11H2;5-9,12-13H,4,10H2,1-3H3. The molecule has 196 valence electrons. The maximum Gasteiger partial charge on any atom is 0.176 e. The van der Waals surface area contributed by atoms with Gasteiger partial charge in [-0.15, -0.1) is 0 Å². The van der Waals surface area contributed by atoms with Gasteiger partial charge in [0.25, 0.3) is 0 Å². The quantitative estimate of drug-likeness (QED) is 0.119. The highest BCUT2D eigenvalue weighted by Crippen LogP contribution is 2.48. The van der Waals surface area contributed by atoms with Crippen LogP contribution in [0.15, 0.2) is 78.9 Å². The Labute approximate surface area is 238 Å². The molecule has 0 amide bonds. The average Bonchev–Trinajstić information content (AvgIpc) is 3.67. The summed E-state index contributed by atoms with van der Waals surface area (Å²) >= 11 is 7.19. The number of carbonyl (C=O) groups is 1. The van der Waals surface area contributed by atoms with Crippen LogP contribution in [0.3, 0.4) is 0 Å². The van der Waals surface area contributed by atoms with Crippen molar-refractivity contribution in [3.63, 3.8) is 0 Å². The number of morpholine rings is 1. The fraction of sp³-hybridized carbons (Fsp3) is 0.387. The first-order chi connectivity index (χ1) is 17.9. The zero-order chi connectivity index (χ0) is 26.4.